The Balaban J connectivity index is 0.629. The van der Waals surface area contributed by atoms with Crippen molar-refractivity contribution in [2.75, 3.05) is 106 Å². The van der Waals surface area contributed by atoms with Crippen LogP contribution in [0.5, 0.6) is 11.5 Å². The van der Waals surface area contributed by atoms with E-state index in [4.69, 9.17) is 53.1 Å². The first-order valence-electron chi connectivity index (χ1n) is 21.4. The zero-order chi connectivity index (χ0) is 36.9. The Morgan fingerprint density at radius 3 is 0.963 bits per heavy atom. The Morgan fingerprint density at radius 1 is 0.389 bits per heavy atom. The van der Waals surface area contributed by atoms with E-state index in [2.05, 4.69) is 0 Å². The molecule has 0 atom stereocenters. The molecule has 0 saturated heterocycles. The molecule has 8 bridgehead atoms. The minimum absolute atomic E-state index is 0.158. The molecule has 306 valence electrons. The minimum Gasteiger partial charge on any atom is -0.491 e. The van der Waals surface area contributed by atoms with Gasteiger partial charge >= 0.3 is 0 Å². The zero-order valence-corrected chi connectivity index (χ0v) is 32.9. The Kier molecular flexibility index (Phi) is 15.6. The number of ether oxygens (including phenoxy) is 10. The summed E-state index contributed by atoms with van der Waals surface area (Å²) >= 11 is 0. The average molecular weight is 760 g/mol. The fourth-order valence-electron chi connectivity index (χ4n) is 11.5. The van der Waals surface area contributed by atoms with Gasteiger partial charge < -0.3 is 53.1 Å². The van der Waals surface area contributed by atoms with Crippen LogP contribution >= 0.6 is 0 Å². The van der Waals surface area contributed by atoms with E-state index in [-0.39, 0.29) is 11.2 Å². The first-order chi connectivity index (χ1) is 26.6. The van der Waals surface area contributed by atoms with Gasteiger partial charge in [0.15, 0.2) is 0 Å². The molecule has 0 spiro atoms. The summed E-state index contributed by atoms with van der Waals surface area (Å²) in [6.45, 7) is 9.11. The molecule has 11 nitrogen and oxygen atoms in total. The van der Waals surface area contributed by atoms with Crippen molar-refractivity contribution in [1.82, 2.24) is 0 Å². The summed E-state index contributed by atoms with van der Waals surface area (Å²) in [6.07, 6.45) is 16.3. The van der Waals surface area contributed by atoms with Gasteiger partial charge in [-0.3, -0.25) is 0 Å². The highest BCUT2D eigenvalue weighted by atomic mass is 16.6. The largest absolute Gasteiger partial charge is 0.491 e. The summed E-state index contributed by atoms with van der Waals surface area (Å²) in [5, 5.41) is 0. The van der Waals surface area contributed by atoms with Crippen molar-refractivity contribution in [1.29, 1.82) is 0 Å². The molecule has 0 heterocycles. The third kappa shape index (κ3) is 12.2. The molecule has 54 heavy (non-hydrogen) atoms. The van der Waals surface area contributed by atoms with Crippen molar-refractivity contribution in [3.8, 4) is 11.5 Å². The normalized spacial score (nSPS) is 31.8. The second kappa shape index (κ2) is 20.8. The molecule has 0 amide bonds. The van der Waals surface area contributed by atoms with E-state index in [0.717, 1.165) is 41.1 Å². The number of rotatable bonds is 29. The highest BCUT2D eigenvalue weighted by Crippen LogP contribution is 2.58. The third-order valence-corrected chi connectivity index (χ3v) is 12.9. The molecule has 8 saturated carbocycles. The molecular formula is C43H69NO10. The Morgan fingerprint density at radius 2 is 0.667 bits per heavy atom. The standard InChI is InChI=1S/C43H69NO10/c44-32-39-23-40(51-13-9-47-5-1-45-3-7-49-11-15-53-42-26-33-17-34(27-42)19-35(18-33)28-42)25-41(24-39)52-14-10-48-6-2-46-4-8-50-12-16-54-43-29-36-20-37(30-43)22-38(21-36)31-43/h23-25,33-38H,1-22,26-32,44H2. The molecule has 1 aromatic carbocycles. The highest BCUT2D eigenvalue weighted by molar-refractivity contribution is 5.38. The fraction of sp³-hybridized carbons (Fsp3) is 0.860. The van der Waals surface area contributed by atoms with Gasteiger partial charge in [-0.2, -0.15) is 0 Å². The Hall–Kier alpha value is -1.54. The molecule has 1 aromatic rings. The molecule has 0 unspecified atom stereocenters. The molecule has 8 aliphatic carbocycles. The number of hydrogen-bond acceptors (Lipinski definition) is 11. The van der Waals surface area contributed by atoms with Crippen molar-refractivity contribution >= 4 is 0 Å². The lowest BCUT2D eigenvalue weighted by atomic mass is 9.54. The van der Waals surface area contributed by atoms with E-state index in [1.54, 1.807) is 0 Å². The van der Waals surface area contributed by atoms with Crippen LogP contribution in [0.3, 0.4) is 0 Å². The van der Waals surface area contributed by atoms with Crippen molar-refractivity contribution in [3.63, 3.8) is 0 Å². The van der Waals surface area contributed by atoms with E-state index < -0.39 is 0 Å². The Labute approximate surface area is 323 Å². The first-order valence-corrected chi connectivity index (χ1v) is 21.4. The van der Waals surface area contributed by atoms with E-state index in [9.17, 15) is 0 Å². The van der Waals surface area contributed by atoms with Gasteiger partial charge in [0.25, 0.3) is 0 Å². The summed E-state index contributed by atoms with van der Waals surface area (Å²) < 4.78 is 58.9. The van der Waals surface area contributed by atoms with E-state index in [0.29, 0.717) is 124 Å². The molecule has 0 aliphatic heterocycles. The van der Waals surface area contributed by atoms with Crippen LogP contribution in [0.2, 0.25) is 0 Å². The lowest BCUT2D eigenvalue weighted by molar-refractivity contribution is -0.169. The van der Waals surface area contributed by atoms with Gasteiger partial charge in [0.05, 0.1) is 104 Å². The summed E-state index contributed by atoms with van der Waals surface area (Å²) in [7, 11) is 0. The van der Waals surface area contributed by atoms with Crippen LogP contribution in [0.25, 0.3) is 0 Å². The first kappa shape index (κ1) is 40.6. The summed E-state index contributed by atoms with van der Waals surface area (Å²) in [5.41, 5.74) is 7.17. The van der Waals surface area contributed by atoms with Gasteiger partial charge in [0, 0.05) is 12.6 Å². The summed E-state index contributed by atoms with van der Waals surface area (Å²) in [4.78, 5) is 0. The molecule has 11 heteroatoms. The van der Waals surface area contributed by atoms with E-state index in [1.807, 2.05) is 18.2 Å². The second-order valence-electron chi connectivity index (χ2n) is 17.3. The van der Waals surface area contributed by atoms with Crippen molar-refractivity contribution in [3.05, 3.63) is 23.8 Å². The molecule has 0 aromatic heterocycles. The fourth-order valence-corrected chi connectivity index (χ4v) is 11.5. The summed E-state index contributed by atoms with van der Waals surface area (Å²) in [6, 6.07) is 5.73. The minimum atomic E-state index is 0.158. The van der Waals surface area contributed by atoms with Gasteiger partial charge in [-0.15, -0.1) is 0 Å². The smallest absolute Gasteiger partial charge is 0.123 e. The molecule has 9 rings (SSSR count). The van der Waals surface area contributed by atoms with Gasteiger partial charge in [-0.05, 0) is 130 Å². The lowest BCUT2D eigenvalue weighted by Gasteiger charge is -2.56. The monoisotopic (exact) mass is 759 g/mol. The SMILES string of the molecule is NCc1cc(OCCOCCOCCOCCOC23CC4CC(CC(C4)C2)C3)cc(OCCOCCOCCOCCOC23CC4CC(CC(C4)C2)C3)c1. The van der Waals surface area contributed by atoms with E-state index >= 15 is 0 Å². The number of benzene rings is 1. The van der Waals surface area contributed by atoms with Crippen molar-refractivity contribution in [2.24, 2.45) is 41.2 Å². The van der Waals surface area contributed by atoms with Crippen LogP contribution in [-0.2, 0) is 44.4 Å². The van der Waals surface area contributed by atoms with Gasteiger partial charge in [0.2, 0.25) is 0 Å². The molecule has 0 radical (unpaired) electrons. The quantitative estimate of drug-likeness (QED) is 0.0974. The van der Waals surface area contributed by atoms with Crippen molar-refractivity contribution < 1.29 is 47.4 Å². The zero-order valence-electron chi connectivity index (χ0n) is 32.9. The molecular weight excluding hydrogens is 690 g/mol. The van der Waals surface area contributed by atoms with Gasteiger partial charge in [-0.25, -0.2) is 0 Å². The van der Waals surface area contributed by atoms with E-state index in [1.165, 1.54) is 77.0 Å². The maximum atomic E-state index is 6.42. The lowest BCUT2D eigenvalue weighted by Crippen LogP contribution is -2.52. The van der Waals surface area contributed by atoms with Crippen molar-refractivity contribution in [2.45, 2.75) is 94.8 Å². The third-order valence-electron chi connectivity index (χ3n) is 12.9. The van der Waals surface area contributed by atoms with Gasteiger partial charge in [0.1, 0.15) is 24.7 Å². The molecule has 2 N–H and O–H groups in total. The highest BCUT2D eigenvalue weighted by Gasteiger charge is 2.52. The van der Waals surface area contributed by atoms with Crippen LogP contribution in [0, 0.1) is 35.5 Å². The Bertz CT molecular complexity index is 1090. The molecule has 8 fully saturated rings. The maximum absolute atomic E-state index is 6.42. The summed E-state index contributed by atoms with van der Waals surface area (Å²) in [5.74, 6) is 6.85. The predicted molar refractivity (Wildman–Crippen MR) is 204 cm³/mol. The second-order valence-corrected chi connectivity index (χ2v) is 17.3. The van der Waals surface area contributed by atoms with Crippen LogP contribution in [0.1, 0.15) is 82.6 Å². The molecule has 8 aliphatic rings. The van der Waals surface area contributed by atoms with Crippen LogP contribution < -0.4 is 15.2 Å². The topological polar surface area (TPSA) is 118 Å². The van der Waals surface area contributed by atoms with Crippen LogP contribution in [-0.4, -0.2) is 117 Å². The van der Waals surface area contributed by atoms with Crippen LogP contribution in [0.4, 0.5) is 0 Å². The number of hydrogen-bond donors (Lipinski definition) is 1. The van der Waals surface area contributed by atoms with Gasteiger partial charge in [-0.1, -0.05) is 0 Å². The number of nitrogens with two attached hydrogens (primary N) is 1. The van der Waals surface area contributed by atoms with Crippen LogP contribution in [0.15, 0.2) is 18.2 Å². The predicted octanol–water partition coefficient (Wildman–Crippen LogP) is 5.97. The average Bonchev–Trinajstić information content (AvgIpc) is 3.14. The maximum Gasteiger partial charge on any atom is 0.123 e.